The number of nitrogens with zero attached hydrogens (tertiary/aromatic N) is 2. The minimum atomic E-state index is -0.471. The van der Waals surface area contributed by atoms with Crippen LogP contribution in [0.5, 0.6) is 0 Å². The molecule has 2 N–H and O–H groups in total. The topological polar surface area (TPSA) is 76.3 Å². The Morgan fingerprint density at radius 2 is 2.06 bits per heavy atom. The molecule has 2 amide bonds. The van der Waals surface area contributed by atoms with Crippen LogP contribution in [-0.4, -0.2) is 34.8 Å². The van der Waals surface area contributed by atoms with E-state index in [9.17, 15) is 9.59 Å². The van der Waals surface area contributed by atoms with Crippen molar-refractivity contribution in [1.29, 1.82) is 0 Å². The maximum atomic E-state index is 11.2. The summed E-state index contributed by atoms with van der Waals surface area (Å²) in [5.74, 6) is -0.383. The molecule has 1 aromatic heterocycles. The van der Waals surface area contributed by atoms with Gasteiger partial charge in [-0.1, -0.05) is 0 Å². The van der Waals surface area contributed by atoms with Crippen molar-refractivity contribution < 1.29 is 9.59 Å². The molecule has 0 saturated heterocycles. The number of amides is 2. The first-order valence-electron chi connectivity index (χ1n) is 5.12. The molecule has 1 aromatic rings. The van der Waals surface area contributed by atoms with Crippen molar-refractivity contribution >= 4 is 23.2 Å². The molecule has 6 heteroatoms. The van der Waals surface area contributed by atoms with E-state index < -0.39 is 5.91 Å². The summed E-state index contributed by atoms with van der Waals surface area (Å²) >= 11 is 1.35. The van der Waals surface area contributed by atoms with Crippen LogP contribution < -0.4 is 5.73 Å². The number of primary amides is 1. The molecule has 2 rings (SSSR count). The number of hydrogen-bond acceptors (Lipinski definition) is 4. The second-order valence-electron chi connectivity index (χ2n) is 3.76. The van der Waals surface area contributed by atoms with E-state index in [-0.39, 0.29) is 5.91 Å². The van der Waals surface area contributed by atoms with Crippen LogP contribution in [-0.2, 0) is 17.6 Å². The Morgan fingerprint density at radius 3 is 2.69 bits per heavy atom. The van der Waals surface area contributed by atoms with E-state index in [0.29, 0.717) is 24.5 Å². The van der Waals surface area contributed by atoms with Gasteiger partial charge in [0, 0.05) is 37.7 Å². The van der Waals surface area contributed by atoms with Crippen molar-refractivity contribution in [3.8, 4) is 0 Å². The fourth-order valence-corrected chi connectivity index (χ4v) is 2.73. The van der Waals surface area contributed by atoms with Crippen molar-refractivity contribution in [2.45, 2.75) is 19.8 Å². The minimum absolute atomic E-state index is 0.0882. The van der Waals surface area contributed by atoms with Gasteiger partial charge in [0.1, 0.15) is 0 Å². The first-order chi connectivity index (χ1) is 7.58. The number of nitrogens with two attached hydrogens (primary N) is 1. The van der Waals surface area contributed by atoms with Gasteiger partial charge in [-0.2, -0.15) is 0 Å². The summed E-state index contributed by atoms with van der Waals surface area (Å²) in [6.45, 7) is 2.94. The first-order valence-corrected chi connectivity index (χ1v) is 5.93. The van der Waals surface area contributed by atoms with Gasteiger partial charge in [-0.15, -0.1) is 11.3 Å². The molecule has 0 saturated carbocycles. The number of hydrogen-bond donors (Lipinski definition) is 1. The molecule has 0 fully saturated rings. The molecule has 16 heavy (non-hydrogen) atoms. The Morgan fingerprint density at radius 1 is 1.38 bits per heavy atom. The highest BCUT2D eigenvalue weighted by molar-refractivity contribution is 7.13. The molecule has 2 heterocycles. The van der Waals surface area contributed by atoms with Crippen LogP contribution in [0.4, 0.5) is 0 Å². The second-order valence-corrected chi connectivity index (χ2v) is 4.84. The van der Waals surface area contributed by atoms with Gasteiger partial charge in [0.25, 0.3) is 5.91 Å². The van der Waals surface area contributed by atoms with Crippen LogP contribution in [0.25, 0.3) is 0 Å². The number of fused-ring (bicyclic) bond motifs is 1. The lowest BCUT2D eigenvalue weighted by atomic mass is 10.2. The zero-order valence-corrected chi connectivity index (χ0v) is 9.84. The molecule has 86 valence electrons. The van der Waals surface area contributed by atoms with Gasteiger partial charge in [0.05, 0.1) is 5.69 Å². The number of carbonyl (C=O) groups is 2. The summed E-state index contributed by atoms with van der Waals surface area (Å²) in [4.78, 5) is 29.3. The van der Waals surface area contributed by atoms with Gasteiger partial charge in [0.15, 0.2) is 5.01 Å². The third kappa shape index (κ3) is 2.06. The Kier molecular flexibility index (Phi) is 2.91. The Bertz CT molecular complexity index is 416. The van der Waals surface area contributed by atoms with Crippen LogP contribution in [0, 0.1) is 0 Å². The molecule has 0 atom stereocenters. The molecular weight excluding hydrogens is 226 g/mol. The molecule has 1 aliphatic heterocycles. The fourth-order valence-electron chi connectivity index (χ4n) is 1.78. The van der Waals surface area contributed by atoms with E-state index in [1.54, 1.807) is 11.8 Å². The standard InChI is InChI=1S/C10H13N3O2S/c1-6(14)13-4-2-7-8(3-5-13)16-10(12-7)9(11)15/h2-5H2,1H3,(H2,11,15). The van der Waals surface area contributed by atoms with Gasteiger partial charge >= 0.3 is 0 Å². The first kappa shape index (κ1) is 11.1. The van der Waals surface area contributed by atoms with Crippen LogP contribution in [0.1, 0.15) is 27.3 Å². The summed E-state index contributed by atoms with van der Waals surface area (Å²) in [6, 6.07) is 0. The summed E-state index contributed by atoms with van der Waals surface area (Å²) in [6.07, 6.45) is 1.47. The molecule has 5 nitrogen and oxygen atoms in total. The van der Waals surface area contributed by atoms with Crippen LogP contribution in [0.3, 0.4) is 0 Å². The normalized spacial score (nSPS) is 15.4. The average Bonchev–Trinajstić information content (AvgIpc) is 2.52. The van der Waals surface area contributed by atoms with E-state index in [2.05, 4.69) is 4.98 Å². The largest absolute Gasteiger partial charge is 0.364 e. The van der Waals surface area contributed by atoms with E-state index in [1.165, 1.54) is 11.3 Å². The average molecular weight is 239 g/mol. The molecule has 0 unspecified atom stereocenters. The predicted octanol–water partition coefficient (Wildman–Crippen LogP) is 0.189. The zero-order chi connectivity index (χ0) is 11.7. The third-order valence-corrected chi connectivity index (χ3v) is 3.83. The van der Waals surface area contributed by atoms with Gasteiger partial charge in [0.2, 0.25) is 5.91 Å². The Labute approximate surface area is 97.3 Å². The molecule has 0 aliphatic carbocycles. The monoisotopic (exact) mass is 239 g/mol. The Balaban J connectivity index is 2.18. The quantitative estimate of drug-likeness (QED) is 0.760. The van der Waals surface area contributed by atoms with E-state index >= 15 is 0 Å². The highest BCUT2D eigenvalue weighted by Gasteiger charge is 2.20. The number of thiazole rings is 1. The van der Waals surface area contributed by atoms with Crippen molar-refractivity contribution in [2.24, 2.45) is 5.73 Å². The molecule has 1 aliphatic rings. The van der Waals surface area contributed by atoms with E-state index in [1.807, 2.05) is 0 Å². The predicted molar refractivity (Wildman–Crippen MR) is 60.3 cm³/mol. The highest BCUT2D eigenvalue weighted by atomic mass is 32.1. The zero-order valence-electron chi connectivity index (χ0n) is 9.02. The van der Waals surface area contributed by atoms with Gasteiger partial charge in [-0.25, -0.2) is 4.98 Å². The van der Waals surface area contributed by atoms with Crippen LogP contribution >= 0.6 is 11.3 Å². The summed E-state index contributed by atoms with van der Waals surface area (Å²) < 4.78 is 0. The highest BCUT2D eigenvalue weighted by Crippen LogP contribution is 2.22. The summed E-state index contributed by atoms with van der Waals surface area (Å²) in [7, 11) is 0. The van der Waals surface area contributed by atoms with Gasteiger partial charge < -0.3 is 10.6 Å². The smallest absolute Gasteiger partial charge is 0.277 e. The third-order valence-electron chi connectivity index (χ3n) is 2.66. The molecule has 0 spiro atoms. The minimum Gasteiger partial charge on any atom is -0.364 e. The summed E-state index contributed by atoms with van der Waals surface area (Å²) in [5, 5.41) is 0.376. The van der Waals surface area contributed by atoms with E-state index in [4.69, 9.17) is 5.73 Å². The molecule has 0 aromatic carbocycles. The second kappa shape index (κ2) is 4.21. The fraction of sp³-hybridized carbons (Fsp3) is 0.500. The number of aromatic nitrogens is 1. The SMILES string of the molecule is CC(=O)N1CCc2nc(C(N)=O)sc2CC1. The maximum absolute atomic E-state index is 11.2. The molecule has 0 radical (unpaired) electrons. The van der Waals surface area contributed by atoms with Gasteiger partial charge in [-0.05, 0) is 0 Å². The van der Waals surface area contributed by atoms with Crippen LogP contribution in [0.2, 0.25) is 0 Å². The Hall–Kier alpha value is -1.43. The van der Waals surface area contributed by atoms with E-state index in [0.717, 1.165) is 17.0 Å². The van der Waals surface area contributed by atoms with Crippen molar-refractivity contribution in [3.63, 3.8) is 0 Å². The lowest BCUT2D eigenvalue weighted by molar-refractivity contribution is -0.128. The molecular formula is C10H13N3O2S. The van der Waals surface area contributed by atoms with Crippen molar-refractivity contribution in [2.75, 3.05) is 13.1 Å². The number of carbonyl (C=O) groups excluding carboxylic acids is 2. The van der Waals surface area contributed by atoms with Crippen molar-refractivity contribution in [1.82, 2.24) is 9.88 Å². The molecule has 0 bridgehead atoms. The summed E-state index contributed by atoms with van der Waals surface area (Å²) in [5.41, 5.74) is 6.10. The number of rotatable bonds is 1. The van der Waals surface area contributed by atoms with Crippen molar-refractivity contribution in [3.05, 3.63) is 15.6 Å². The lowest BCUT2D eigenvalue weighted by Gasteiger charge is -2.17. The van der Waals surface area contributed by atoms with Gasteiger partial charge in [-0.3, -0.25) is 9.59 Å². The van der Waals surface area contributed by atoms with Crippen LogP contribution in [0.15, 0.2) is 0 Å². The maximum Gasteiger partial charge on any atom is 0.277 e. The lowest BCUT2D eigenvalue weighted by Crippen LogP contribution is -2.31.